The first kappa shape index (κ1) is 15.6. The zero-order chi connectivity index (χ0) is 16.2. The number of halogens is 1. The Morgan fingerprint density at radius 1 is 1.17 bits per heavy atom. The third kappa shape index (κ3) is 3.73. The summed E-state index contributed by atoms with van der Waals surface area (Å²) in [4.78, 5) is 12.7. The van der Waals surface area contributed by atoms with Crippen LogP contribution in [0.2, 0.25) is 0 Å². The highest BCUT2D eigenvalue weighted by atomic mass is 32.1. The molecule has 0 saturated carbocycles. The molecule has 0 unspecified atom stereocenters. The van der Waals surface area contributed by atoms with Crippen molar-refractivity contribution in [3.63, 3.8) is 0 Å². The van der Waals surface area contributed by atoms with Gasteiger partial charge in [0.2, 0.25) is 5.95 Å². The SMILES string of the molecule is Cc1ccc(NC(=S)N2CCN(c3ncccn3)CC2)cc1F. The standard InChI is InChI=1S/C16H18FN5S/c1-12-3-4-13(11-14(12)17)20-16(23)22-9-7-21(8-10-22)15-18-5-2-6-19-15/h2-6,11H,7-10H2,1H3,(H,20,23). The van der Waals surface area contributed by atoms with Crippen LogP contribution in [0, 0.1) is 12.7 Å². The van der Waals surface area contributed by atoms with Crippen molar-refractivity contribution < 1.29 is 4.39 Å². The van der Waals surface area contributed by atoms with E-state index in [4.69, 9.17) is 12.2 Å². The number of benzene rings is 1. The van der Waals surface area contributed by atoms with Gasteiger partial charge < -0.3 is 15.1 Å². The van der Waals surface area contributed by atoms with Gasteiger partial charge in [-0.2, -0.15) is 0 Å². The Kier molecular flexibility index (Phi) is 4.66. The van der Waals surface area contributed by atoms with E-state index in [0.717, 1.165) is 32.1 Å². The van der Waals surface area contributed by atoms with E-state index in [0.29, 0.717) is 16.4 Å². The zero-order valence-electron chi connectivity index (χ0n) is 12.9. The highest BCUT2D eigenvalue weighted by molar-refractivity contribution is 7.80. The van der Waals surface area contributed by atoms with Gasteiger partial charge in [0.1, 0.15) is 5.82 Å². The van der Waals surface area contributed by atoms with Crippen LogP contribution in [0.4, 0.5) is 16.0 Å². The normalized spacial score (nSPS) is 14.7. The number of hydrogen-bond acceptors (Lipinski definition) is 4. The highest BCUT2D eigenvalue weighted by Gasteiger charge is 2.20. The molecule has 1 aromatic heterocycles. The Morgan fingerprint density at radius 3 is 2.52 bits per heavy atom. The van der Waals surface area contributed by atoms with Crippen LogP contribution in [0.25, 0.3) is 0 Å². The van der Waals surface area contributed by atoms with Gasteiger partial charge in [0.05, 0.1) is 0 Å². The van der Waals surface area contributed by atoms with Crippen LogP contribution in [-0.4, -0.2) is 46.2 Å². The van der Waals surface area contributed by atoms with Gasteiger partial charge in [-0.1, -0.05) is 6.07 Å². The Bertz CT molecular complexity index is 686. The predicted molar refractivity (Wildman–Crippen MR) is 93.2 cm³/mol. The minimum Gasteiger partial charge on any atom is -0.345 e. The Morgan fingerprint density at radius 2 is 1.87 bits per heavy atom. The molecule has 0 bridgehead atoms. The topological polar surface area (TPSA) is 44.3 Å². The summed E-state index contributed by atoms with van der Waals surface area (Å²) in [6.07, 6.45) is 3.49. The predicted octanol–water partition coefficient (Wildman–Crippen LogP) is 2.44. The lowest BCUT2D eigenvalue weighted by atomic mass is 10.2. The van der Waals surface area contributed by atoms with Gasteiger partial charge in [0, 0.05) is 44.3 Å². The summed E-state index contributed by atoms with van der Waals surface area (Å²) in [6.45, 7) is 4.89. The van der Waals surface area contributed by atoms with Gasteiger partial charge in [-0.05, 0) is 42.9 Å². The van der Waals surface area contributed by atoms with Crippen LogP contribution in [0.15, 0.2) is 36.7 Å². The molecule has 2 heterocycles. The van der Waals surface area contributed by atoms with Gasteiger partial charge in [-0.3, -0.25) is 0 Å². The number of hydrogen-bond donors (Lipinski definition) is 1. The molecule has 1 saturated heterocycles. The van der Waals surface area contributed by atoms with Crippen LogP contribution in [0.5, 0.6) is 0 Å². The molecule has 3 rings (SSSR count). The first-order valence-electron chi connectivity index (χ1n) is 7.47. The van der Waals surface area contributed by atoms with E-state index in [1.165, 1.54) is 6.07 Å². The van der Waals surface area contributed by atoms with Crippen molar-refractivity contribution in [2.45, 2.75) is 6.92 Å². The summed E-state index contributed by atoms with van der Waals surface area (Å²) in [5, 5.41) is 3.71. The van der Waals surface area contributed by atoms with E-state index in [-0.39, 0.29) is 5.82 Å². The fraction of sp³-hybridized carbons (Fsp3) is 0.312. The van der Waals surface area contributed by atoms with Crippen LogP contribution in [-0.2, 0) is 0 Å². The van der Waals surface area contributed by atoms with Crippen molar-refractivity contribution in [2.75, 3.05) is 36.4 Å². The molecule has 5 nitrogen and oxygen atoms in total. The summed E-state index contributed by atoms with van der Waals surface area (Å²) in [7, 11) is 0. The zero-order valence-corrected chi connectivity index (χ0v) is 13.7. The summed E-state index contributed by atoms with van der Waals surface area (Å²) in [5.74, 6) is 0.510. The van der Waals surface area contributed by atoms with Gasteiger partial charge in [-0.25, -0.2) is 14.4 Å². The molecule has 0 radical (unpaired) electrons. The van der Waals surface area contributed by atoms with Crippen molar-refractivity contribution in [2.24, 2.45) is 0 Å². The quantitative estimate of drug-likeness (QED) is 0.853. The minimum absolute atomic E-state index is 0.233. The van der Waals surface area contributed by atoms with E-state index < -0.39 is 0 Å². The van der Waals surface area contributed by atoms with Crippen LogP contribution in [0.1, 0.15) is 5.56 Å². The Balaban J connectivity index is 1.57. The Hall–Kier alpha value is -2.28. The lowest BCUT2D eigenvalue weighted by Gasteiger charge is -2.36. The van der Waals surface area contributed by atoms with E-state index in [1.807, 2.05) is 6.07 Å². The molecule has 120 valence electrons. The molecule has 1 aliphatic rings. The summed E-state index contributed by atoms with van der Waals surface area (Å²) < 4.78 is 13.6. The number of thiocarbonyl (C=S) groups is 1. The first-order valence-corrected chi connectivity index (χ1v) is 7.88. The fourth-order valence-corrected chi connectivity index (χ4v) is 2.74. The average Bonchev–Trinajstić information content (AvgIpc) is 2.59. The monoisotopic (exact) mass is 331 g/mol. The van der Waals surface area contributed by atoms with Crippen LogP contribution in [0.3, 0.4) is 0 Å². The molecule has 0 aliphatic carbocycles. The molecule has 0 spiro atoms. The number of piperazine rings is 1. The maximum Gasteiger partial charge on any atom is 0.225 e. The second kappa shape index (κ2) is 6.87. The minimum atomic E-state index is -0.233. The lowest BCUT2D eigenvalue weighted by molar-refractivity contribution is 0.388. The van der Waals surface area contributed by atoms with E-state index in [9.17, 15) is 4.39 Å². The molecule has 1 aliphatic heterocycles. The molecular formula is C16H18FN5S. The molecule has 1 fully saturated rings. The van der Waals surface area contributed by atoms with E-state index >= 15 is 0 Å². The smallest absolute Gasteiger partial charge is 0.225 e. The van der Waals surface area contributed by atoms with Crippen molar-refractivity contribution >= 4 is 29.0 Å². The average molecular weight is 331 g/mol. The maximum atomic E-state index is 13.6. The van der Waals surface area contributed by atoms with Crippen molar-refractivity contribution in [1.82, 2.24) is 14.9 Å². The molecule has 23 heavy (non-hydrogen) atoms. The lowest BCUT2D eigenvalue weighted by Crippen LogP contribution is -2.50. The van der Waals surface area contributed by atoms with E-state index in [1.54, 1.807) is 31.5 Å². The summed E-state index contributed by atoms with van der Waals surface area (Å²) >= 11 is 5.43. The van der Waals surface area contributed by atoms with Crippen LogP contribution >= 0.6 is 12.2 Å². The molecule has 0 amide bonds. The number of anilines is 2. The maximum absolute atomic E-state index is 13.6. The van der Waals surface area contributed by atoms with Gasteiger partial charge in [0.15, 0.2) is 5.11 Å². The number of rotatable bonds is 2. The second-order valence-corrected chi connectivity index (χ2v) is 5.80. The van der Waals surface area contributed by atoms with Crippen molar-refractivity contribution in [3.05, 3.63) is 48.0 Å². The van der Waals surface area contributed by atoms with E-state index in [2.05, 4.69) is 25.1 Å². The van der Waals surface area contributed by atoms with Gasteiger partial charge in [0.25, 0.3) is 0 Å². The molecule has 2 aromatic rings. The number of aromatic nitrogens is 2. The third-order valence-electron chi connectivity index (χ3n) is 3.82. The molecular weight excluding hydrogens is 313 g/mol. The number of nitrogens with one attached hydrogen (secondary N) is 1. The molecule has 7 heteroatoms. The van der Waals surface area contributed by atoms with Crippen molar-refractivity contribution in [1.29, 1.82) is 0 Å². The van der Waals surface area contributed by atoms with Crippen molar-refractivity contribution in [3.8, 4) is 0 Å². The van der Waals surface area contributed by atoms with Gasteiger partial charge in [-0.15, -0.1) is 0 Å². The first-order chi connectivity index (χ1) is 11.1. The number of nitrogens with zero attached hydrogens (tertiary/aromatic N) is 4. The molecule has 0 atom stereocenters. The summed E-state index contributed by atoms with van der Waals surface area (Å²) in [6, 6.07) is 6.85. The third-order valence-corrected chi connectivity index (χ3v) is 4.19. The number of aryl methyl sites for hydroxylation is 1. The second-order valence-electron chi connectivity index (χ2n) is 5.42. The fourth-order valence-electron chi connectivity index (χ4n) is 2.44. The summed E-state index contributed by atoms with van der Waals surface area (Å²) in [5.41, 5.74) is 1.30. The molecule has 1 aromatic carbocycles. The largest absolute Gasteiger partial charge is 0.345 e. The highest BCUT2D eigenvalue weighted by Crippen LogP contribution is 2.15. The van der Waals surface area contributed by atoms with Crippen LogP contribution < -0.4 is 10.2 Å². The molecule has 1 N–H and O–H groups in total. The van der Waals surface area contributed by atoms with Gasteiger partial charge >= 0.3 is 0 Å². The Labute approximate surface area is 140 Å².